The second kappa shape index (κ2) is 8.85. The smallest absolute Gasteiger partial charge is 0.255 e. The average Bonchev–Trinajstić information content (AvgIpc) is 2.67. The van der Waals surface area contributed by atoms with Gasteiger partial charge in [-0.15, -0.1) is 24.0 Å². The highest BCUT2D eigenvalue weighted by atomic mass is 127. The van der Waals surface area contributed by atoms with E-state index < -0.39 is 13.0 Å². The number of guanidine groups is 1. The first-order chi connectivity index (χ1) is 9.69. The quantitative estimate of drug-likeness (QED) is 0.455. The van der Waals surface area contributed by atoms with Crippen LogP contribution in [0.2, 0.25) is 0 Å². The summed E-state index contributed by atoms with van der Waals surface area (Å²) in [5, 5.41) is 5.45. The van der Waals surface area contributed by atoms with E-state index in [1.54, 1.807) is 18.2 Å². The average molecular weight is 413 g/mol. The van der Waals surface area contributed by atoms with Gasteiger partial charge in [0.2, 0.25) is 0 Å². The van der Waals surface area contributed by atoms with Gasteiger partial charge in [-0.1, -0.05) is 0 Å². The summed E-state index contributed by atoms with van der Waals surface area (Å²) in [6.45, 7) is 0.760. The van der Waals surface area contributed by atoms with E-state index in [1.165, 1.54) is 7.05 Å². The zero-order chi connectivity index (χ0) is 14.4. The van der Waals surface area contributed by atoms with Crippen LogP contribution >= 0.6 is 24.0 Å². The van der Waals surface area contributed by atoms with Crippen LogP contribution in [0.4, 0.5) is 14.5 Å². The minimum absolute atomic E-state index is 0. The number of alkyl halides is 2. The van der Waals surface area contributed by atoms with Gasteiger partial charge in [0.15, 0.2) is 17.5 Å². The zero-order valence-electron chi connectivity index (χ0n) is 11.6. The number of halogens is 3. The number of benzene rings is 1. The maximum atomic E-state index is 12.2. The Kier molecular flexibility index (Phi) is 7.48. The van der Waals surface area contributed by atoms with Crippen molar-refractivity contribution in [3.8, 4) is 11.5 Å². The minimum Gasteiger partial charge on any atom is -0.490 e. The first kappa shape index (κ1) is 17.7. The highest BCUT2D eigenvalue weighted by molar-refractivity contribution is 14.0. The van der Waals surface area contributed by atoms with Crippen molar-refractivity contribution < 1.29 is 18.3 Å². The fourth-order valence-electron chi connectivity index (χ4n) is 1.73. The van der Waals surface area contributed by atoms with Crippen LogP contribution in [-0.4, -0.2) is 39.2 Å². The van der Waals surface area contributed by atoms with Gasteiger partial charge in [0.25, 0.3) is 6.43 Å². The van der Waals surface area contributed by atoms with Gasteiger partial charge in [-0.05, 0) is 12.1 Å². The summed E-state index contributed by atoms with van der Waals surface area (Å²) in [7, 11) is 1.52. The molecule has 0 saturated carbocycles. The summed E-state index contributed by atoms with van der Waals surface area (Å²) in [6, 6.07) is 5.32. The molecule has 1 aromatic carbocycles. The summed E-state index contributed by atoms with van der Waals surface area (Å²) in [6.07, 6.45) is -1.60. The largest absolute Gasteiger partial charge is 0.490 e. The summed E-state index contributed by atoms with van der Waals surface area (Å²) in [4.78, 5) is 3.87. The predicted octanol–water partition coefficient (Wildman–Crippen LogP) is 2.72. The Balaban J connectivity index is 0.00000220. The fourth-order valence-corrected chi connectivity index (χ4v) is 1.73. The highest BCUT2D eigenvalue weighted by Gasteiger charge is 2.11. The van der Waals surface area contributed by atoms with E-state index in [1.807, 2.05) is 0 Å². The molecule has 0 radical (unpaired) electrons. The number of rotatable bonds is 3. The third-order valence-electron chi connectivity index (χ3n) is 2.66. The Bertz CT molecular complexity index is 486. The number of fused-ring (bicyclic) bond motifs is 1. The molecule has 0 aromatic heterocycles. The first-order valence-electron chi connectivity index (χ1n) is 6.34. The van der Waals surface area contributed by atoms with Gasteiger partial charge >= 0.3 is 0 Å². The van der Waals surface area contributed by atoms with Gasteiger partial charge in [-0.3, -0.25) is 4.99 Å². The van der Waals surface area contributed by atoms with Crippen molar-refractivity contribution in [2.24, 2.45) is 4.99 Å². The van der Waals surface area contributed by atoms with Gasteiger partial charge in [-0.25, -0.2) is 8.78 Å². The Morgan fingerprint density at radius 1 is 1.29 bits per heavy atom. The Hall–Kier alpha value is -1.32. The molecule has 0 atom stereocenters. The summed E-state index contributed by atoms with van der Waals surface area (Å²) < 4.78 is 35.4. The van der Waals surface area contributed by atoms with E-state index in [4.69, 9.17) is 9.47 Å². The van der Waals surface area contributed by atoms with Gasteiger partial charge in [-0.2, -0.15) is 0 Å². The van der Waals surface area contributed by atoms with Crippen LogP contribution in [0.15, 0.2) is 23.2 Å². The van der Waals surface area contributed by atoms with Crippen molar-refractivity contribution in [2.75, 3.05) is 32.1 Å². The van der Waals surface area contributed by atoms with Crippen LogP contribution in [0.3, 0.4) is 0 Å². The Labute approximate surface area is 139 Å². The summed E-state index contributed by atoms with van der Waals surface area (Å²) >= 11 is 0. The van der Waals surface area contributed by atoms with Crippen molar-refractivity contribution in [1.29, 1.82) is 0 Å². The van der Waals surface area contributed by atoms with Gasteiger partial charge in [0.05, 0.1) is 19.8 Å². The van der Waals surface area contributed by atoms with E-state index >= 15 is 0 Å². The van der Waals surface area contributed by atoms with Gasteiger partial charge in [0, 0.05) is 25.2 Å². The second-order valence-electron chi connectivity index (χ2n) is 4.18. The number of nitrogens with one attached hydrogen (secondary N) is 2. The Morgan fingerprint density at radius 3 is 2.67 bits per heavy atom. The lowest BCUT2D eigenvalue weighted by Crippen LogP contribution is -2.34. The zero-order valence-corrected chi connectivity index (χ0v) is 13.9. The molecular formula is C13H18F2IN3O2. The minimum atomic E-state index is -2.43. The van der Waals surface area contributed by atoms with Crippen LogP contribution in [0, 0.1) is 0 Å². The van der Waals surface area contributed by atoms with E-state index in [9.17, 15) is 8.78 Å². The number of aliphatic imine (C=N–C) groups is 1. The molecule has 0 unspecified atom stereocenters. The van der Waals surface area contributed by atoms with Gasteiger partial charge < -0.3 is 20.1 Å². The number of ether oxygens (including phenoxy) is 2. The molecule has 21 heavy (non-hydrogen) atoms. The van der Waals surface area contributed by atoms with Crippen molar-refractivity contribution in [3.05, 3.63) is 18.2 Å². The van der Waals surface area contributed by atoms with E-state index in [-0.39, 0.29) is 29.9 Å². The topological polar surface area (TPSA) is 54.9 Å². The number of nitrogens with zero attached hydrogens (tertiary/aromatic N) is 1. The van der Waals surface area contributed by atoms with Crippen LogP contribution in [0.1, 0.15) is 6.42 Å². The normalized spacial score (nSPS) is 14.2. The predicted molar refractivity (Wildman–Crippen MR) is 88.5 cm³/mol. The molecule has 118 valence electrons. The van der Waals surface area contributed by atoms with Crippen molar-refractivity contribution >= 4 is 35.6 Å². The second-order valence-corrected chi connectivity index (χ2v) is 4.18. The lowest BCUT2D eigenvalue weighted by atomic mass is 10.3. The highest BCUT2D eigenvalue weighted by Crippen LogP contribution is 2.32. The summed E-state index contributed by atoms with van der Waals surface area (Å²) in [5.41, 5.74) is 0.691. The van der Waals surface area contributed by atoms with Crippen LogP contribution in [-0.2, 0) is 0 Å². The SMILES string of the molecule is CN=C(NCC(F)F)Nc1ccc2c(c1)OCCCO2.I. The number of hydrogen-bond donors (Lipinski definition) is 2. The molecule has 0 amide bonds. The molecule has 1 aromatic rings. The lowest BCUT2D eigenvalue weighted by molar-refractivity contribution is 0.152. The Morgan fingerprint density at radius 2 is 2.00 bits per heavy atom. The van der Waals surface area contributed by atoms with Gasteiger partial charge in [0.1, 0.15) is 0 Å². The maximum absolute atomic E-state index is 12.2. The monoisotopic (exact) mass is 413 g/mol. The van der Waals surface area contributed by atoms with Crippen LogP contribution < -0.4 is 20.1 Å². The van der Waals surface area contributed by atoms with Crippen molar-refractivity contribution in [1.82, 2.24) is 5.32 Å². The number of anilines is 1. The van der Waals surface area contributed by atoms with E-state index in [2.05, 4.69) is 15.6 Å². The molecule has 1 aliphatic rings. The molecule has 2 N–H and O–H groups in total. The molecule has 8 heteroatoms. The standard InChI is InChI=1S/C13H17F2N3O2.HI/c1-16-13(17-8-12(14)15)18-9-3-4-10-11(7-9)20-6-2-5-19-10;/h3-4,7,12H,2,5-6,8H2,1H3,(H2,16,17,18);1H. The van der Waals surface area contributed by atoms with E-state index in [0.717, 1.165) is 6.42 Å². The lowest BCUT2D eigenvalue weighted by Gasteiger charge is -2.13. The molecule has 2 rings (SSSR count). The van der Waals surface area contributed by atoms with Crippen LogP contribution in [0.25, 0.3) is 0 Å². The maximum Gasteiger partial charge on any atom is 0.255 e. The molecular weight excluding hydrogens is 395 g/mol. The number of hydrogen-bond acceptors (Lipinski definition) is 3. The molecule has 0 spiro atoms. The van der Waals surface area contributed by atoms with Crippen LogP contribution in [0.5, 0.6) is 11.5 Å². The van der Waals surface area contributed by atoms with Crippen molar-refractivity contribution in [3.63, 3.8) is 0 Å². The molecule has 1 aliphatic heterocycles. The third kappa shape index (κ3) is 5.52. The summed E-state index contributed by atoms with van der Waals surface area (Å²) in [5.74, 6) is 1.60. The fraction of sp³-hybridized carbons (Fsp3) is 0.462. The third-order valence-corrected chi connectivity index (χ3v) is 2.66. The molecule has 5 nitrogen and oxygen atoms in total. The molecule has 0 aliphatic carbocycles. The van der Waals surface area contributed by atoms with Crippen molar-refractivity contribution in [2.45, 2.75) is 12.8 Å². The first-order valence-corrected chi connectivity index (χ1v) is 6.34. The molecule has 0 saturated heterocycles. The molecule has 0 fully saturated rings. The molecule has 0 bridgehead atoms. The molecule has 1 heterocycles. The van der Waals surface area contributed by atoms with E-state index in [0.29, 0.717) is 30.4 Å².